The fourth-order valence-electron chi connectivity index (χ4n) is 3.34. The number of nitrogens with zero attached hydrogens (tertiary/aromatic N) is 1. The van der Waals surface area contributed by atoms with Crippen LogP contribution in [-0.2, 0) is 11.3 Å². The highest BCUT2D eigenvalue weighted by atomic mass is 32.2. The van der Waals surface area contributed by atoms with Crippen LogP contribution in [0.4, 0.5) is 0 Å². The minimum atomic E-state index is 0.408. The van der Waals surface area contributed by atoms with E-state index in [9.17, 15) is 0 Å². The molecule has 0 radical (unpaired) electrons. The zero-order chi connectivity index (χ0) is 20.1. The minimum Gasteiger partial charge on any atom is -0.457 e. The van der Waals surface area contributed by atoms with Gasteiger partial charge in [0, 0.05) is 42.1 Å². The molecular formula is C23H26N2O2S2. The number of ether oxygens (including phenoxy) is 2. The Kier molecular flexibility index (Phi) is 7.06. The van der Waals surface area contributed by atoms with Crippen LogP contribution in [-0.4, -0.2) is 48.7 Å². The molecule has 0 aromatic heterocycles. The Bertz CT molecular complexity index is 892. The van der Waals surface area contributed by atoms with Crippen molar-refractivity contribution in [2.45, 2.75) is 28.7 Å². The van der Waals surface area contributed by atoms with Crippen molar-refractivity contribution in [2.75, 3.05) is 33.0 Å². The molecule has 2 aromatic carbocycles. The maximum absolute atomic E-state index is 6.12. The second kappa shape index (κ2) is 9.92. The first-order chi connectivity index (χ1) is 14.3. The van der Waals surface area contributed by atoms with Gasteiger partial charge < -0.3 is 14.8 Å². The van der Waals surface area contributed by atoms with E-state index in [-0.39, 0.29) is 0 Å². The van der Waals surface area contributed by atoms with Crippen molar-refractivity contribution >= 4 is 23.5 Å². The zero-order valence-corrected chi connectivity index (χ0v) is 18.4. The highest BCUT2D eigenvalue weighted by molar-refractivity contribution is 8.07. The van der Waals surface area contributed by atoms with E-state index in [1.54, 1.807) is 11.8 Å². The van der Waals surface area contributed by atoms with E-state index < -0.39 is 0 Å². The molecule has 2 unspecified atom stereocenters. The van der Waals surface area contributed by atoms with E-state index in [1.807, 2.05) is 43.1 Å². The largest absolute Gasteiger partial charge is 0.457 e. The Labute approximate surface area is 181 Å². The summed E-state index contributed by atoms with van der Waals surface area (Å²) in [5.41, 5.74) is 2.55. The molecule has 2 aliphatic heterocycles. The van der Waals surface area contributed by atoms with E-state index in [0.717, 1.165) is 55.3 Å². The van der Waals surface area contributed by atoms with Crippen LogP contribution >= 0.6 is 23.5 Å². The molecule has 4 rings (SSSR count). The lowest BCUT2D eigenvalue weighted by Gasteiger charge is -2.23. The summed E-state index contributed by atoms with van der Waals surface area (Å²) >= 11 is 3.63. The molecule has 2 fully saturated rings. The normalized spacial score (nSPS) is 20.5. The fraction of sp³-hybridized carbons (Fsp3) is 0.391. The molecule has 0 bridgehead atoms. The predicted octanol–water partition coefficient (Wildman–Crippen LogP) is 4.39. The molecule has 1 N–H and O–H groups in total. The van der Waals surface area contributed by atoms with Crippen molar-refractivity contribution in [1.29, 1.82) is 0 Å². The van der Waals surface area contributed by atoms with Gasteiger partial charge in [-0.25, -0.2) is 0 Å². The fourth-order valence-corrected chi connectivity index (χ4v) is 4.75. The van der Waals surface area contributed by atoms with E-state index in [4.69, 9.17) is 9.47 Å². The lowest BCUT2D eigenvalue weighted by molar-refractivity contribution is 0.0341. The number of fused-ring (bicyclic) bond motifs is 1. The van der Waals surface area contributed by atoms with Gasteiger partial charge in [-0.1, -0.05) is 11.8 Å². The van der Waals surface area contributed by atoms with Gasteiger partial charge >= 0.3 is 0 Å². The number of thioether (sulfide) groups is 2. The molecule has 2 aliphatic rings. The van der Waals surface area contributed by atoms with Crippen molar-refractivity contribution in [1.82, 2.24) is 10.2 Å². The van der Waals surface area contributed by atoms with Crippen molar-refractivity contribution in [2.24, 2.45) is 0 Å². The van der Waals surface area contributed by atoms with Gasteiger partial charge in [-0.05, 0) is 55.8 Å². The third-order valence-electron chi connectivity index (χ3n) is 4.92. The predicted molar refractivity (Wildman–Crippen MR) is 122 cm³/mol. The maximum atomic E-state index is 6.12. The topological polar surface area (TPSA) is 33.7 Å². The van der Waals surface area contributed by atoms with E-state index in [1.165, 1.54) is 4.90 Å². The SMILES string of the molecule is CNCc1cc(C#CCCN2CCOC3SC32)ccc1Oc1ccc(SC)cc1. The highest BCUT2D eigenvalue weighted by Crippen LogP contribution is 2.46. The van der Waals surface area contributed by atoms with E-state index in [2.05, 4.69) is 46.5 Å². The van der Waals surface area contributed by atoms with E-state index in [0.29, 0.717) is 10.8 Å². The van der Waals surface area contributed by atoms with Gasteiger partial charge in [0.2, 0.25) is 0 Å². The third-order valence-corrected chi connectivity index (χ3v) is 6.84. The molecule has 0 aliphatic carbocycles. The maximum Gasteiger partial charge on any atom is 0.132 e. The summed E-state index contributed by atoms with van der Waals surface area (Å²) in [6, 6.07) is 14.4. The molecule has 2 aromatic rings. The molecule has 2 saturated heterocycles. The third kappa shape index (κ3) is 5.50. The van der Waals surface area contributed by atoms with Crippen LogP contribution in [0.25, 0.3) is 0 Å². The Morgan fingerprint density at radius 3 is 2.93 bits per heavy atom. The molecule has 2 heterocycles. The second-order valence-electron chi connectivity index (χ2n) is 6.98. The van der Waals surface area contributed by atoms with Gasteiger partial charge in [0.1, 0.15) is 16.9 Å². The number of morpholine rings is 1. The molecule has 0 spiro atoms. The summed E-state index contributed by atoms with van der Waals surface area (Å²) in [6.45, 7) is 3.62. The van der Waals surface area contributed by atoms with Crippen LogP contribution < -0.4 is 10.1 Å². The molecule has 2 atom stereocenters. The zero-order valence-electron chi connectivity index (χ0n) is 16.8. The Balaban J connectivity index is 1.38. The van der Waals surface area contributed by atoms with Gasteiger partial charge in [-0.3, -0.25) is 4.90 Å². The Morgan fingerprint density at radius 1 is 1.28 bits per heavy atom. The number of benzene rings is 2. The van der Waals surface area contributed by atoms with Crippen molar-refractivity contribution in [3.05, 3.63) is 53.6 Å². The lowest BCUT2D eigenvalue weighted by Crippen LogP contribution is -2.37. The summed E-state index contributed by atoms with van der Waals surface area (Å²) in [7, 11) is 1.95. The van der Waals surface area contributed by atoms with Crippen molar-refractivity contribution in [3.63, 3.8) is 0 Å². The van der Waals surface area contributed by atoms with Gasteiger partial charge in [0.05, 0.1) is 12.0 Å². The van der Waals surface area contributed by atoms with Crippen LogP contribution in [0.1, 0.15) is 17.5 Å². The summed E-state index contributed by atoms with van der Waals surface area (Å²) in [6.07, 6.45) is 2.95. The summed E-state index contributed by atoms with van der Waals surface area (Å²) < 4.78 is 11.7. The second-order valence-corrected chi connectivity index (χ2v) is 9.08. The van der Waals surface area contributed by atoms with Gasteiger partial charge in [0.15, 0.2) is 0 Å². The molecule has 0 amide bonds. The van der Waals surface area contributed by atoms with Crippen LogP contribution in [0.15, 0.2) is 47.4 Å². The first-order valence-corrected chi connectivity index (χ1v) is 12.0. The number of hydrogen-bond acceptors (Lipinski definition) is 6. The first kappa shape index (κ1) is 20.6. The van der Waals surface area contributed by atoms with Gasteiger partial charge in [-0.15, -0.1) is 23.5 Å². The van der Waals surface area contributed by atoms with Gasteiger partial charge in [0.25, 0.3) is 0 Å². The number of nitrogens with one attached hydrogen (secondary N) is 1. The number of hydrogen-bond donors (Lipinski definition) is 1. The molecule has 6 heteroatoms. The number of rotatable bonds is 7. The minimum absolute atomic E-state index is 0.408. The Hall–Kier alpha value is -1.62. The van der Waals surface area contributed by atoms with Crippen LogP contribution in [0.2, 0.25) is 0 Å². The van der Waals surface area contributed by atoms with Crippen molar-refractivity contribution in [3.8, 4) is 23.3 Å². The average molecular weight is 427 g/mol. The van der Waals surface area contributed by atoms with Crippen LogP contribution in [0.5, 0.6) is 11.5 Å². The quantitative estimate of drug-likeness (QED) is 0.402. The summed E-state index contributed by atoms with van der Waals surface area (Å²) in [5.74, 6) is 8.37. The molecule has 29 heavy (non-hydrogen) atoms. The monoisotopic (exact) mass is 426 g/mol. The molecule has 4 nitrogen and oxygen atoms in total. The average Bonchev–Trinajstić information content (AvgIpc) is 3.54. The Morgan fingerprint density at radius 2 is 2.14 bits per heavy atom. The van der Waals surface area contributed by atoms with Crippen molar-refractivity contribution < 1.29 is 9.47 Å². The van der Waals surface area contributed by atoms with Crippen LogP contribution in [0, 0.1) is 11.8 Å². The molecule has 152 valence electrons. The van der Waals surface area contributed by atoms with E-state index >= 15 is 0 Å². The highest BCUT2D eigenvalue weighted by Gasteiger charge is 2.46. The lowest BCUT2D eigenvalue weighted by atomic mass is 10.1. The van der Waals surface area contributed by atoms with Crippen LogP contribution in [0.3, 0.4) is 0 Å². The van der Waals surface area contributed by atoms with Gasteiger partial charge in [-0.2, -0.15) is 0 Å². The first-order valence-electron chi connectivity index (χ1n) is 9.86. The summed E-state index contributed by atoms with van der Waals surface area (Å²) in [4.78, 5) is 3.71. The summed E-state index contributed by atoms with van der Waals surface area (Å²) in [5, 5.41) is 3.79. The standard InChI is InChI=1S/C23H26N2O2S2/c1-24-16-18-15-17(5-3-4-12-25-13-14-26-23-22(25)29-23)6-11-21(18)27-19-7-9-20(28-2)10-8-19/h6-11,15,22-24H,4,12-14,16H2,1-2H3. The molecular weight excluding hydrogens is 400 g/mol. The smallest absolute Gasteiger partial charge is 0.132 e. The molecule has 0 saturated carbocycles.